The lowest BCUT2D eigenvalue weighted by molar-refractivity contribution is -0.151. The third-order valence-electron chi connectivity index (χ3n) is 2.36. The largest absolute Gasteiger partial charge is 0.466 e. The van der Waals surface area contributed by atoms with Gasteiger partial charge >= 0.3 is 5.97 Å². The second-order valence-electron chi connectivity index (χ2n) is 3.35. The highest BCUT2D eigenvalue weighted by Crippen LogP contribution is 2.27. The van der Waals surface area contributed by atoms with Crippen LogP contribution in [0.3, 0.4) is 0 Å². The van der Waals surface area contributed by atoms with Crippen molar-refractivity contribution in [3.63, 3.8) is 0 Å². The Bertz CT molecular complexity index is 184. The summed E-state index contributed by atoms with van der Waals surface area (Å²) in [6, 6.07) is 0. The van der Waals surface area contributed by atoms with Crippen LogP contribution in [0, 0.1) is 5.92 Å². The molecule has 13 heavy (non-hydrogen) atoms. The van der Waals surface area contributed by atoms with Crippen LogP contribution in [0.15, 0.2) is 0 Å². The first-order valence-corrected chi connectivity index (χ1v) is 4.64. The number of aliphatic hydroxyl groups excluding tert-OH is 1. The van der Waals surface area contributed by atoms with Crippen LogP contribution in [0.25, 0.3) is 0 Å². The molecule has 0 aromatic rings. The number of rotatable bonds is 2. The molecule has 0 aromatic carbocycles. The van der Waals surface area contributed by atoms with E-state index in [4.69, 9.17) is 9.84 Å². The van der Waals surface area contributed by atoms with Crippen molar-refractivity contribution in [2.75, 3.05) is 6.61 Å². The highest BCUT2D eigenvalue weighted by molar-refractivity contribution is 5.72. The predicted octanol–water partition coefficient (Wildman–Crippen LogP) is 1.05. The van der Waals surface area contributed by atoms with Crippen LogP contribution < -0.4 is 0 Å². The smallest absolute Gasteiger partial charge is 0.309 e. The summed E-state index contributed by atoms with van der Waals surface area (Å²) in [4.78, 5) is 11.2. The van der Waals surface area contributed by atoms with Crippen LogP contribution in [-0.4, -0.2) is 30.0 Å². The Balaban J connectivity index is 2.40. The molecule has 0 spiro atoms. The zero-order valence-corrected chi connectivity index (χ0v) is 7.70. The second-order valence-corrected chi connectivity index (χ2v) is 3.35. The minimum atomic E-state index is -1.27. The molecule has 1 fully saturated rings. The van der Waals surface area contributed by atoms with Gasteiger partial charge < -0.3 is 9.84 Å². The molecule has 1 aliphatic carbocycles. The Labute approximate surface area is 76.9 Å². The minimum absolute atomic E-state index is 0.0972. The molecule has 0 radical (unpaired) electrons. The van der Waals surface area contributed by atoms with E-state index in [-0.39, 0.29) is 18.3 Å². The zero-order valence-electron chi connectivity index (χ0n) is 7.70. The molecule has 0 saturated heterocycles. The lowest BCUT2D eigenvalue weighted by atomic mass is 9.86. The van der Waals surface area contributed by atoms with Gasteiger partial charge in [0.15, 0.2) is 0 Å². The van der Waals surface area contributed by atoms with Crippen LogP contribution in [0.1, 0.15) is 26.2 Å². The average molecular weight is 190 g/mol. The number of hydrogen-bond acceptors (Lipinski definition) is 3. The Kier molecular flexibility index (Phi) is 3.66. The molecular formula is C9H15FO3. The second kappa shape index (κ2) is 4.56. The maximum absolute atomic E-state index is 13.0. The number of halogens is 1. The molecule has 3 atom stereocenters. The molecule has 0 aliphatic heterocycles. The van der Waals surface area contributed by atoms with Crippen LogP contribution in [0.2, 0.25) is 0 Å². The number of esters is 1. The summed E-state index contributed by atoms with van der Waals surface area (Å²) in [5, 5.41) is 9.08. The first kappa shape index (κ1) is 10.4. The van der Waals surface area contributed by atoms with Crippen molar-refractivity contribution in [3.05, 3.63) is 0 Å². The van der Waals surface area contributed by atoms with Crippen molar-refractivity contribution < 1.29 is 19.0 Å². The quantitative estimate of drug-likeness (QED) is 0.662. The molecule has 4 heteroatoms. The van der Waals surface area contributed by atoms with Gasteiger partial charge in [-0.1, -0.05) is 0 Å². The third-order valence-corrected chi connectivity index (χ3v) is 2.36. The van der Waals surface area contributed by atoms with E-state index in [0.717, 1.165) is 0 Å². The summed E-state index contributed by atoms with van der Waals surface area (Å²) in [7, 11) is 0. The zero-order chi connectivity index (χ0) is 9.84. The van der Waals surface area contributed by atoms with Crippen molar-refractivity contribution >= 4 is 5.97 Å². The van der Waals surface area contributed by atoms with E-state index >= 15 is 0 Å². The molecule has 0 aromatic heterocycles. The third kappa shape index (κ3) is 2.66. The van der Waals surface area contributed by atoms with Gasteiger partial charge in [0.05, 0.1) is 18.6 Å². The summed E-state index contributed by atoms with van der Waals surface area (Å²) < 4.78 is 17.7. The van der Waals surface area contributed by atoms with Gasteiger partial charge in [0, 0.05) is 0 Å². The van der Waals surface area contributed by atoms with Gasteiger partial charge in [-0.2, -0.15) is 0 Å². The minimum Gasteiger partial charge on any atom is -0.466 e. The summed E-state index contributed by atoms with van der Waals surface area (Å²) in [5.74, 6) is -0.699. The molecule has 3 unspecified atom stereocenters. The first-order chi connectivity index (χ1) is 6.15. The van der Waals surface area contributed by atoms with Crippen molar-refractivity contribution in [2.45, 2.75) is 38.5 Å². The molecule has 1 rings (SSSR count). The number of carbonyl (C=O) groups is 1. The highest BCUT2D eigenvalue weighted by Gasteiger charge is 2.33. The summed E-state index contributed by atoms with van der Waals surface area (Å²) in [6.45, 7) is 2.05. The van der Waals surface area contributed by atoms with Crippen molar-refractivity contribution in [2.24, 2.45) is 5.92 Å². The fraction of sp³-hybridized carbons (Fsp3) is 0.889. The van der Waals surface area contributed by atoms with Gasteiger partial charge in [-0.15, -0.1) is 0 Å². The molecule has 1 saturated carbocycles. The lowest BCUT2D eigenvalue weighted by Gasteiger charge is -2.26. The Morgan fingerprint density at radius 2 is 2.31 bits per heavy atom. The fourth-order valence-electron chi connectivity index (χ4n) is 1.57. The molecule has 0 amide bonds. The van der Waals surface area contributed by atoms with Crippen LogP contribution in [0.4, 0.5) is 4.39 Å². The molecule has 76 valence electrons. The maximum Gasteiger partial charge on any atom is 0.309 e. The van der Waals surface area contributed by atoms with Crippen molar-refractivity contribution in [1.29, 1.82) is 0 Å². The lowest BCUT2D eigenvalue weighted by Crippen LogP contribution is -2.34. The van der Waals surface area contributed by atoms with Crippen LogP contribution in [-0.2, 0) is 9.53 Å². The number of aliphatic hydroxyl groups is 1. The van der Waals surface area contributed by atoms with Gasteiger partial charge in [-0.05, 0) is 26.2 Å². The van der Waals surface area contributed by atoms with E-state index in [1.807, 2.05) is 0 Å². The average Bonchev–Trinajstić information content (AvgIpc) is 2.10. The standard InChI is InChI=1S/C9H15FO3/c1-2-13-9(12)6-3-4-8(11)7(10)5-6/h6-8,11H,2-5H2,1H3. The number of hydrogen-bond donors (Lipinski definition) is 1. The first-order valence-electron chi connectivity index (χ1n) is 4.64. The Hall–Kier alpha value is -0.640. The van der Waals surface area contributed by atoms with Gasteiger partial charge in [-0.25, -0.2) is 4.39 Å². The number of alkyl halides is 1. The summed E-state index contributed by atoms with van der Waals surface area (Å²) >= 11 is 0. The topological polar surface area (TPSA) is 46.5 Å². The van der Waals surface area contributed by atoms with Gasteiger partial charge in [-0.3, -0.25) is 4.79 Å². The van der Waals surface area contributed by atoms with Gasteiger partial charge in [0.2, 0.25) is 0 Å². The molecule has 0 heterocycles. The van der Waals surface area contributed by atoms with Crippen LogP contribution >= 0.6 is 0 Å². The van der Waals surface area contributed by atoms with E-state index in [9.17, 15) is 9.18 Å². The molecule has 1 aliphatic rings. The van der Waals surface area contributed by atoms with E-state index in [0.29, 0.717) is 19.4 Å². The Morgan fingerprint density at radius 3 is 2.85 bits per heavy atom. The molecule has 0 bridgehead atoms. The number of ether oxygens (including phenoxy) is 1. The van der Waals surface area contributed by atoms with Gasteiger partial charge in [0.1, 0.15) is 6.17 Å². The van der Waals surface area contributed by atoms with E-state index in [1.54, 1.807) is 6.92 Å². The highest BCUT2D eigenvalue weighted by atomic mass is 19.1. The maximum atomic E-state index is 13.0. The summed E-state index contributed by atoms with van der Waals surface area (Å²) in [5.41, 5.74) is 0. The SMILES string of the molecule is CCOC(=O)C1CCC(O)C(F)C1. The van der Waals surface area contributed by atoms with E-state index in [2.05, 4.69) is 0 Å². The van der Waals surface area contributed by atoms with Crippen LogP contribution in [0.5, 0.6) is 0 Å². The number of carbonyl (C=O) groups excluding carboxylic acids is 1. The molecular weight excluding hydrogens is 175 g/mol. The fourth-order valence-corrected chi connectivity index (χ4v) is 1.57. The monoisotopic (exact) mass is 190 g/mol. The Morgan fingerprint density at radius 1 is 1.62 bits per heavy atom. The van der Waals surface area contributed by atoms with E-state index < -0.39 is 12.3 Å². The summed E-state index contributed by atoms with van der Waals surface area (Å²) in [6.07, 6.45) is -1.20. The van der Waals surface area contributed by atoms with E-state index in [1.165, 1.54) is 0 Å². The predicted molar refractivity (Wildman–Crippen MR) is 44.9 cm³/mol. The molecule has 3 nitrogen and oxygen atoms in total. The van der Waals surface area contributed by atoms with Crippen molar-refractivity contribution in [3.8, 4) is 0 Å². The normalized spacial score (nSPS) is 34.2. The van der Waals surface area contributed by atoms with Crippen molar-refractivity contribution in [1.82, 2.24) is 0 Å². The van der Waals surface area contributed by atoms with Gasteiger partial charge in [0.25, 0.3) is 0 Å². The molecule has 1 N–H and O–H groups in total.